The number of nitro benzene ring substituents is 1. The maximum Gasteiger partial charge on any atom is 0.307 e. The number of hydrogen-bond donors (Lipinski definition) is 1. The Morgan fingerprint density at radius 1 is 1.22 bits per heavy atom. The Kier molecular flexibility index (Phi) is 5.53. The quantitative estimate of drug-likeness (QED) is 0.263. The zero-order chi connectivity index (χ0) is 22.7. The topological polar surface area (TPSA) is 125 Å². The van der Waals surface area contributed by atoms with Gasteiger partial charge in [0.15, 0.2) is 12.1 Å². The Balaban J connectivity index is 1.70. The van der Waals surface area contributed by atoms with E-state index in [-0.39, 0.29) is 17.4 Å². The maximum absolute atomic E-state index is 13.9. The molecule has 2 aromatic carbocycles. The summed E-state index contributed by atoms with van der Waals surface area (Å²) in [5.74, 6) is -0.594. The number of methoxy groups -OCH3 is 1. The number of carbonyl (C=O) groups excluding carboxylic acids is 1. The van der Waals surface area contributed by atoms with Crippen LogP contribution in [0.1, 0.15) is 10.4 Å². The van der Waals surface area contributed by atoms with Crippen molar-refractivity contribution in [1.82, 2.24) is 19.7 Å². The highest BCUT2D eigenvalue weighted by molar-refractivity contribution is 5.85. The largest absolute Gasteiger partial charge is 0.494 e. The molecule has 11 heteroatoms. The van der Waals surface area contributed by atoms with Gasteiger partial charge in [0.2, 0.25) is 11.8 Å². The average Bonchev–Trinajstić information content (AvgIpc) is 3.25. The van der Waals surface area contributed by atoms with Crippen molar-refractivity contribution in [2.24, 2.45) is 0 Å². The van der Waals surface area contributed by atoms with Gasteiger partial charge in [0.1, 0.15) is 11.4 Å². The SMILES string of the molecule is COc1cc(F)c([N+](=O)[O-])cc1Nc1nccc(-n2cc(C=O)c(-c3ccccc3)n2)n1. The van der Waals surface area contributed by atoms with E-state index in [4.69, 9.17) is 4.74 Å². The Morgan fingerprint density at radius 2 is 2.00 bits per heavy atom. The predicted molar refractivity (Wildman–Crippen MR) is 113 cm³/mol. The van der Waals surface area contributed by atoms with E-state index in [1.54, 1.807) is 6.07 Å². The van der Waals surface area contributed by atoms with E-state index < -0.39 is 16.4 Å². The molecule has 10 nitrogen and oxygen atoms in total. The molecule has 32 heavy (non-hydrogen) atoms. The minimum atomic E-state index is -1.03. The smallest absolute Gasteiger partial charge is 0.307 e. The van der Waals surface area contributed by atoms with Crippen LogP contribution in [0.4, 0.5) is 21.7 Å². The third kappa shape index (κ3) is 3.99. The summed E-state index contributed by atoms with van der Waals surface area (Å²) in [7, 11) is 1.30. The van der Waals surface area contributed by atoms with Gasteiger partial charge in [-0.1, -0.05) is 30.3 Å². The van der Waals surface area contributed by atoms with Crippen molar-refractivity contribution in [2.75, 3.05) is 12.4 Å². The fourth-order valence-corrected chi connectivity index (χ4v) is 3.02. The van der Waals surface area contributed by atoms with Gasteiger partial charge < -0.3 is 10.1 Å². The van der Waals surface area contributed by atoms with Crippen molar-refractivity contribution in [3.8, 4) is 22.8 Å². The number of carbonyl (C=O) groups is 1. The maximum atomic E-state index is 13.9. The number of rotatable bonds is 7. The first-order valence-corrected chi connectivity index (χ1v) is 9.22. The van der Waals surface area contributed by atoms with Gasteiger partial charge in [0.25, 0.3) is 0 Å². The number of ether oxygens (including phenoxy) is 1. The lowest BCUT2D eigenvalue weighted by Crippen LogP contribution is -2.05. The molecule has 0 unspecified atom stereocenters. The Labute approximate surface area is 180 Å². The highest BCUT2D eigenvalue weighted by Gasteiger charge is 2.20. The molecule has 0 saturated heterocycles. The van der Waals surface area contributed by atoms with Crippen LogP contribution in [-0.2, 0) is 0 Å². The van der Waals surface area contributed by atoms with Crippen molar-refractivity contribution < 1.29 is 18.8 Å². The summed E-state index contributed by atoms with van der Waals surface area (Å²) < 4.78 is 20.4. The summed E-state index contributed by atoms with van der Waals surface area (Å²) in [6, 6.07) is 12.7. The fraction of sp³-hybridized carbons (Fsp3) is 0.0476. The molecule has 2 aromatic heterocycles. The summed E-state index contributed by atoms with van der Waals surface area (Å²) in [4.78, 5) is 30.2. The first-order valence-electron chi connectivity index (χ1n) is 9.22. The number of nitrogens with one attached hydrogen (secondary N) is 1. The molecule has 0 atom stereocenters. The second-order valence-corrected chi connectivity index (χ2v) is 6.49. The molecule has 1 N–H and O–H groups in total. The lowest BCUT2D eigenvalue weighted by molar-refractivity contribution is -0.387. The molecule has 160 valence electrons. The second kappa shape index (κ2) is 8.60. The molecule has 0 aliphatic heterocycles. The van der Waals surface area contributed by atoms with Crippen LogP contribution in [0.25, 0.3) is 17.1 Å². The number of aldehydes is 1. The number of nitro groups is 1. The minimum absolute atomic E-state index is 0.0378. The first-order chi connectivity index (χ1) is 15.5. The van der Waals surface area contributed by atoms with Gasteiger partial charge in [-0.05, 0) is 0 Å². The normalized spacial score (nSPS) is 10.6. The van der Waals surface area contributed by atoms with Crippen LogP contribution in [0, 0.1) is 15.9 Å². The van der Waals surface area contributed by atoms with E-state index >= 15 is 0 Å². The van der Waals surface area contributed by atoms with Gasteiger partial charge in [-0.15, -0.1) is 0 Å². The average molecular weight is 434 g/mol. The molecule has 0 spiro atoms. The zero-order valence-electron chi connectivity index (χ0n) is 16.6. The minimum Gasteiger partial charge on any atom is -0.494 e. The van der Waals surface area contributed by atoms with E-state index in [0.29, 0.717) is 23.4 Å². The van der Waals surface area contributed by atoms with E-state index in [2.05, 4.69) is 20.4 Å². The third-order valence-electron chi connectivity index (χ3n) is 4.50. The van der Waals surface area contributed by atoms with Gasteiger partial charge >= 0.3 is 5.69 Å². The van der Waals surface area contributed by atoms with E-state index in [1.807, 2.05) is 30.3 Å². The van der Waals surface area contributed by atoms with Crippen LogP contribution in [-0.4, -0.2) is 38.1 Å². The van der Waals surface area contributed by atoms with Crippen LogP contribution in [0.3, 0.4) is 0 Å². The molecule has 0 aliphatic rings. The number of anilines is 2. The molecule has 0 aliphatic carbocycles. The van der Waals surface area contributed by atoms with Gasteiger partial charge in [0, 0.05) is 36.2 Å². The lowest BCUT2D eigenvalue weighted by atomic mass is 10.1. The van der Waals surface area contributed by atoms with Crippen molar-refractivity contribution in [2.45, 2.75) is 0 Å². The monoisotopic (exact) mass is 434 g/mol. The first kappa shape index (κ1) is 20.6. The molecule has 0 saturated carbocycles. The molecule has 0 amide bonds. The highest BCUT2D eigenvalue weighted by Crippen LogP contribution is 2.33. The Morgan fingerprint density at radius 3 is 2.69 bits per heavy atom. The fourth-order valence-electron chi connectivity index (χ4n) is 3.02. The summed E-state index contributed by atoms with van der Waals surface area (Å²) in [5, 5.41) is 18.3. The number of halogens is 1. The standard InChI is InChI=1S/C21H15FN6O4/c1-32-18-9-15(22)17(28(30)31)10-16(18)24-21-23-8-7-19(25-21)27-11-14(12-29)20(26-27)13-5-3-2-4-6-13/h2-12H,1H3,(H,23,24,25). The van der Waals surface area contributed by atoms with Crippen LogP contribution >= 0.6 is 0 Å². The molecular weight excluding hydrogens is 419 g/mol. The van der Waals surface area contributed by atoms with E-state index in [9.17, 15) is 19.3 Å². The number of aromatic nitrogens is 4. The van der Waals surface area contributed by atoms with Crippen LogP contribution in [0.2, 0.25) is 0 Å². The molecule has 0 bridgehead atoms. The Bertz CT molecular complexity index is 1310. The molecule has 0 fully saturated rings. The summed E-state index contributed by atoms with van der Waals surface area (Å²) in [5.41, 5.74) is 1.02. The highest BCUT2D eigenvalue weighted by atomic mass is 19.1. The van der Waals surface area contributed by atoms with Gasteiger partial charge in [0.05, 0.1) is 23.3 Å². The third-order valence-corrected chi connectivity index (χ3v) is 4.50. The summed E-state index contributed by atoms with van der Waals surface area (Å²) in [6.45, 7) is 0. The zero-order valence-corrected chi connectivity index (χ0v) is 16.6. The van der Waals surface area contributed by atoms with Crippen molar-refractivity contribution in [3.05, 3.63) is 82.4 Å². The van der Waals surface area contributed by atoms with E-state index in [0.717, 1.165) is 17.7 Å². The van der Waals surface area contributed by atoms with Gasteiger partial charge in [-0.2, -0.15) is 14.5 Å². The van der Waals surface area contributed by atoms with E-state index in [1.165, 1.54) is 24.2 Å². The molecule has 4 aromatic rings. The van der Waals surface area contributed by atoms with Crippen LogP contribution in [0.5, 0.6) is 5.75 Å². The number of hydrogen-bond acceptors (Lipinski definition) is 8. The van der Waals surface area contributed by atoms with Gasteiger partial charge in [-0.25, -0.2) is 9.67 Å². The van der Waals surface area contributed by atoms with Crippen LogP contribution < -0.4 is 10.1 Å². The summed E-state index contributed by atoms with van der Waals surface area (Å²) >= 11 is 0. The molecule has 0 radical (unpaired) electrons. The molecule has 2 heterocycles. The molecular formula is C21H15FN6O4. The predicted octanol–water partition coefficient (Wildman–Crippen LogP) is 3.94. The van der Waals surface area contributed by atoms with Crippen molar-refractivity contribution >= 4 is 23.6 Å². The van der Waals surface area contributed by atoms with Crippen molar-refractivity contribution in [3.63, 3.8) is 0 Å². The Hall–Kier alpha value is -4.67. The van der Waals surface area contributed by atoms with Gasteiger partial charge in [-0.3, -0.25) is 14.9 Å². The summed E-state index contributed by atoms with van der Waals surface area (Å²) in [6.07, 6.45) is 3.68. The molecule has 4 rings (SSSR count). The van der Waals surface area contributed by atoms with Crippen LogP contribution in [0.15, 0.2) is 60.9 Å². The lowest BCUT2D eigenvalue weighted by Gasteiger charge is -2.11. The second-order valence-electron chi connectivity index (χ2n) is 6.49. The number of benzene rings is 2. The van der Waals surface area contributed by atoms with Crippen molar-refractivity contribution in [1.29, 1.82) is 0 Å². The number of nitrogens with zero attached hydrogens (tertiary/aromatic N) is 5.